The van der Waals surface area contributed by atoms with E-state index < -0.39 is 15.9 Å². The Hall–Kier alpha value is -2.45. The summed E-state index contributed by atoms with van der Waals surface area (Å²) in [5, 5.41) is 2.46. The molecule has 1 aliphatic rings. The normalized spacial score (nSPS) is 15.8. The van der Waals surface area contributed by atoms with Gasteiger partial charge in [0.25, 0.3) is 15.9 Å². The molecule has 23 heavy (non-hydrogen) atoms. The van der Waals surface area contributed by atoms with E-state index in [9.17, 15) is 13.2 Å². The van der Waals surface area contributed by atoms with Gasteiger partial charge in [0, 0.05) is 10.9 Å². The zero-order valence-corrected chi connectivity index (χ0v) is 13.3. The first kappa shape index (κ1) is 14.2. The molecule has 3 heterocycles. The molecule has 0 saturated carbocycles. The summed E-state index contributed by atoms with van der Waals surface area (Å²) >= 11 is 1.37. The zero-order chi connectivity index (χ0) is 16.0. The van der Waals surface area contributed by atoms with Gasteiger partial charge in [0.05, 0.1) is 24.1 Å². The van der Waals surface area contributed by atoms with Crippen molar-refractivity contribution in [1.29, 1.82) is 0 Å². The molecule has 8 heteroatoms. The van der Waals surface area contributed by atoms with Gasteiger partial charge in [-0.2, -0.15) is 0 Å². The molecule has 1 amide bonds. The maximum Gasteiger partial charge on any atom is 0.269 e. The minimum Gasteiger partial charge on any atom is -0.472 e. The van der Waals surface area contributed by atoms with Crippen molar-refractivity contribution >= 4 is 27.3 Å². The zero-order valence-electron chi connectivity index (χ0n) is 11.7. The van der Waals surface area contributed by atoms with Crippen LogP contribution in [0, 0.1) is 0 Å². The van der Waals surface area contributed by atoms with Gasteiger partial charge in [-0.25, -0.2) is 17.7 Å². The molecule has 2 aromatic heterocycles. The Bertz CT molecular complexity index is 990. The number of amides is 1. The average Bonchev–Trinajstić information content (AvgIpc) is 3.25. The molecule has 0 spiro atoms. The van der Waals surface area contributed by atoms with E-state index in [1.807, 2.05) is 0 Å². The quantitative estimate of drug-likeness (QED) is 0.728. The predicted octanol–water partition coefficient (Wildman–Crippen LogP) is 2.75. The van der Waals surface area contributed by atoms with Gasteiger partial charge < -0.3 is 4.42 Å². The highest BCUT2D eigenvalue weighted by atomic mass is 32.2. The molecule has 3 aromatic rings. The summed E-state index contributed by atoms with van der Waals surface area (Å²) in [4.78, 5) is 16.8. The molecule has 0 fully saturated rings. The topological polar surface area (TPSA) is 80.5 Å². The smallest absolute Gasteiger partial charge is 0.269 e. The van der Waals surface area contributed by atoms with Crippen LogP contribution in [0.4, 0.5) is 0 Å². The molecule has 4 rings (SSSR count). The summed E-state index contributed by atoms with van der Waals surface area (Å²) in [5.41, 5.74) is 1.55. The Morgan fingerprint density at radius 2 is 2.04 bits per heavy atom. The van der Waals surface area contributed by atoms with E-state index in [1.54, 1.807) is 36.1 Å². The summed E-state index contributed by atoms with van der Waals surface area (Å²) in [7, 11) is -3.81. The van der Waals surface area contributed by atoms with E-state index in [1.165, 1.54) is 23.5 Å². The lowest BCUT2D eigenvalue weighted by Crippen LogP contribution is -2.29. The summed E-state index contributed by atoms with van der Waals surface area (Å²) in [6.07, 6.45) is 3.11. The molecule has 0 aliphatic carbocycles. The molecule has 1 aliphatic heterocycles. The Balaban J connectivity index is 1.67. The molecule has 0 bridgehead atoms. The van der Waals surface area contributed by atoms with Crippen LogP contribution in [0.25, 0.3) is 10.6 Å². The van der Waals surface area contributed by atoms with Crippen LogP contribution in [0.2, 0.25) is 0 Å². The van der Waals surface area contributed by atoms with Crippen molar-refractivity contribution < 1.29 is 17.6 Å². The number of hydrogen-bond acceptors (Lipinski definition) is 6. The Labute approximate surface area is 136 Å². The fourth-order valence-corrected chi connectivity index (χ4v) is 4.77. The van der Waals surface area contributed by atoms with E-state index in [4.69, 9.17) is 4.42 Å². The van der Waals surface area contributed by atoms with Gasteiger partial charge in [-0.15, -0.1) is 11.3 Å². The van der Waals surface area contributed by atoms with Crippen LogP contribution in [0.3, 0.4) is 0 Å². The first-order valence-electron chi connectivity index (χ1n) is 6.70. The van der Waals surface area contributed by atoms with Gasteiger partial charge in [-0.1, -0.05) is 12.1 Å². The molecule has 0 radical (unpaired) electrons. The molecule has 116 valence electrons. The number of rotatable bonds is 3. The third-order valence-electron chi connectivity index (χ3n) is 3.54. The molecule has 1 aromatic carbocycles. The van der Waals surface area contributed by atoms with E-state index in [2.05, 4.69) is 4.98 Å². The van der Waals surface area contributed by atoms with Crippen molar-refractivity contribution in [3.63, 3.8) is 0 Å². The molecular weight excluding hydrogens is 336 g/mol. The molecule has 0 saturated heterocycles. The average molecular weight is 346 g/mol. The number of carbonyl (C=O) groups excluding carboxylic acids is 1. The van der Waals surface area contributed by atoms with Gasteiger partial charge in [-0.3, -0.25) is 4.79 Å². The number of furan rings is 1. The predicted molar refractivity (Wildman–Crippen MR) is 83.3 cm³/mol. The summed E-state index contributed by atoms with van der Waals surface area (Å²) < 4.78 is 30.9. The fraction of sp³-hybridized carbons (Fsp3) is 0.0667. The number of benzene rings is 1. The van der Waals surface area contributed by atoms with Crippen LogP contribution in [-0.4, -0.2) is 23.6 Å². The summed E-state index contributed by atoms with van der Waals surface area (Å²) in [5.74, 6) is -0.515. The first-order valence-corrected chi connectivity index (χ1v) is 9.02. The number of nitrogens with zero attached hydrogens (tertiary/aromatic N) is 2. The third kappa shape index (κ3) is 2.18. The molecule has 0 atom stereocenters. The first-order chi connectivity index (χ1) is 11.1. The third-order valence-corrected chi connectivity index (χ3v) is 6.26. The maximum absolute atomic E-state index is 12.5. The van der Waals surface area contributed by atoms with Crippen LogP contribution in [0.1, 0.15) is 16.1 Å². The van der Waals surface area contributed by atoms with Crippen LogP contribution < -0.4 is 0 Å². The number of fused-ring (bicyclic) bond motifs is 1. The summed E-state index contributed by atoms with van der Waals surface area (Å²) in [6.45, 7) is -0.0792. The van der Waals surface area contributed by atoms with E-state index in [0.29, 0.717) is 5.69 Å². The second-order valence-corrected chi connectivity index (χ2v) is 7.66. The van der Waals surface area contributed by atoms with Gasteiger partial charge in [0.15, 0.2) is 0 Å². The number of aromatic nitrogens is 1. The van der Waals surface area contributed by atoms with Crippen molar-refractivity contribution in [1.82, 2.24) is 9.29 Å². The Morgan fingerprint density at radius 3 is 2.78 bits per heavy atom. The SMILES string of the molecule is O=C1c2ccccc2S(=O)(=O)N1Cc1csc(-c2ccoc2)n1. The largest absolute Gasteiger partial charge is 0.472 e. The lowest BCUT2D eigenvalue weighted by atomic mass is 10.2. The molecular formula is C15H10N2O4S2. The van der Waals surface area contributed by atoms with Crippen LogP contribution in [0.5, 0.6) is 0 Å². The fourth-order valence-electron chi connectivity index (χ4n) is 2.43. The number of sulfonamides is 1. The van der Waals surface area contributed by atoms with Gasteiger partial charge in [0.2, 0.25) is 0 Å². The van der Waals surface area contributed by atoms with Crippen molar-refractivity contribution in [2.75, 3.05) is 0 Å². The highest BCUT2D eigenvalue weighted by molar-refractivity contribution is 7.90. The van der Waals surface area contributed by atoms with Crippen molar-refractivity contribution in [3.05, 3.63) is 59.5 Å². The van der Waals surface area contributed by atoms with E-state index in [-0.39, 0.29) is 17.0 Å². The van der Waals surface area contributed by atoms with Crippen molar-refractivity contribution in [2.45, 2.75) is 11.4 Å². The maximum atomic E-state index is 12.5. The minimum atomic E-state index is -3.81. The van der Waals surface area contributed by atoms with Gasteiger partial charge in [0.1, 0.15) is 16.2 Å². The molecule has 0 unspecified atom stereocenters. The second kappa shape index (κ2) is 5.04. The summed E-state index contributed by atoms with van der Waals surface area (Å²) in [6, 6.07) is 7.99. The Morgan fingerprint density at radius 1 is 1.22 bits per heavy atom. The highest BCUT2D eigenvalue weighted by Gasteiger charge is 2.41. The highest BCUT2D eigenvalue weighted by Crippen LogP contribution is 2.32. The monoisotopic (exact) mass is 346 g/mol. The van der Waals surface area contributed by atoms with E-state index in [0.717, 1.165) is 14.9 Å². The van der Waals surface area contributed by atoms with Crippen LogP contribution in [0.15, 0.2) is 57.6 Å². The van der Waals surface area contributed by atoms with Crippen LogP contribution >= 0.6 is 11.3 Å². The van der Waals surface area contributed by atoms with Crippen molar-refractivity contribution in [2.24, 2.45) is 0 Å². The molecule has 0 N–H and O–H groups in total. The lowest BCUT2D eigenvalue weighted by molar-refractivity contribution is 0.0864. The second-order valence-electron chi connectivity index (χ2n) is 4.97. The van der Waals surface area contributed by atoms with Crippen LogP contribution in [-0.2, 0) is 16.6 Å². The Kier molecular flexibility index (Phi) is 3.10. The standard InChI is InChI=1S/C15H10N2O4S2/c18-15-12-3-1-2-4-13(12)23(19,20)17(15)7-11-9-22-14(16-11)10-5-6-21-8-10/h1-6,8-9H,7H2. The van der Waals surface area contributed by atoms with Gasteiger partial charge >= 0.3 is 0 Å². The lowest BCUT2D eigenvalue weighted by Gasteiger charge is -2.13. The number of carbonyl (C=O) groups is 1. The van der Waals surface area contributed by atoms with E-state index >= 15 is 0 Å². The van der Waals surface area contributed by atoms with Crippen molar-refractivity contribution in [3.8, 4) is 10.6 Å². The number of thiazole rings is 1. The number of hydrogen-bond donors (Lipinski definition) is 0. The van der Waals surface area contributed by atoms with Gasteiger partial charge in [-0.05, 0) is 18.2 Å². The minimum absolute atomic E-state index is 0.0512. The molecule has 6 nitrogen and oxygen atoms in total.